The van der Waals surface area contributed by atoms with Crippen LogP contribution in [0.3, 0.4) is 0 Å². The lowest BCUT2D eigenvalue weighted by Gasteiger charge is -2.26. The van der Waals surface area contributed by atoms with E-state index in [0.717, 1.165) is 12.2 Å². The highest BCUT2D eigenvalue weighted by Crippen LogP contribution is 2.22. The van der Waals surface area contributed by atoms with Crippen molar-refractivity contribution in [3.8, 4) is 5.75 Å². The van der Waals surface area contributed by atoms with Crippen molar-refractivity contribution in [3.05, 3.63) is 88.9 Å². The number of rotatable bonds is 4. The van der Waals surface area contributed by atoms with Crippen LogP contribution in [0.25, 0.3) is 0 Å². The van der Waals surface area contributed by atoms with Gasteiger partial charge < -0.3 is 14.1 Å². The average Bonchev–Trinajstić information content (AvgIpc) is 3.21. The minimum Gasteiger partial charge on any atom is -0.497 e. The third kappa shape index (κ3) is 3.36. The number of methoxy groups -OCH3 is 1. The van der Waals surface area contributed by atoms with Crippen LogP contribution in [0.2, 0.25) is 0 Å². The summed E-state index contributed by atoms with van der Waals surface area (Å²) in [6, 6.07) is 15.7. The average molecular weight is 361 g/mol. The summed E-state index contributed by atoms with van der Waals surface area (Å²) in [5.74, 6) is 1.41. The first-order chi connectivity index (χ1) is 13.2. The highest BCUT2D eigenvalue weighted by atomic mass is 16.5. The Balaban J connectivity index is 1.48. The summed E-state index contributed by atoms with van der Waals surface area (Å²) < 4.78 is 10.6. The molecular weight excluding hydrogens is 342 g/mol. The predicted octanol–water partition coefficient (Wildman–Crippen LogP) is 3.72. The molecule has 5 nitrogen and oxygen atoms in total. The van der Waals surface area contributed by atoms with Crippen LogP contribution in [0.5, 0.6) is 5.75 Å². The molecular formula is C22H19NO4. The fraction of sp³-hybridized carbons (Fsp3) is 0.182. The smallest absolute Gasteiger partial charge is 0.254 e. The lowest BCUT2D eigenvalue weighted by molar-refractivity contribution is 0.0719. The zero-order valence-electron chi connectivity index (χ0n) is 15.0. The molecule has 1 aromatic heterocycles. The second-order valence-electron chi connectivity index (χ2n) is 6.48. The van der Waals surface area contributed by atoms with Crippen LogP contribution in [-0.4, -0.2) is 30.2 Å². The first-order valence-electron chi connectivity index (χ1n) is 8.79. The van der Waals surface area contributed by atoms with Gasteiger partial charge in [0.05, 0.1) is 19.9 Å². The molecule has 0 aliphatic carbocycles. The molecule has 0 bridgehead atoms. The fourth-order valence-electron chi connectivity index (χ4n) is 3.27. The SMILES string of the molecule is COc1ccc(C(=O)c2ccc(C(=O)N3CCc4ccoc4C3)cc2)cc1. The third-order valence-electron chi connectivity index (χ3n) is 4.86. The fourth-order valence-corrected chi connectivity index (χ4v) is 3.27. The predicted molar refractivity (Wildman–Crippen MR) is 100 cm³/mol. The number of benzene rings is 2. The topological polar surface area (TPSA) is 59.8 Å². The van der Waals surface area contributed by atoms with E-state index < -0.39 is 0 Å². The number of fused-ring (bicyclic) bond motifs is 1. The van der Waals surface area contributed by atoms with Gasteiger partial charge in [-0.1, -0.05) is 12.1 Å². The van der Waals surface area contributed by atoms with E-state index in [4.69, 9.17) is 9.15 Å². The van der Waals surface area contributed by atoms with E-state index in [0.29, 0.717) is 35.5 Å². The van der Waals surface area contributed by atoms with Gasteiger partial charge in [0, 0.05) is 23.2 Å². The molecule has 0 unspecified atom stereocenters. The number of furan rings is 1. The molecule has 0 fully saturated rings. The number of amides is 1. The van der Waals surface area contributed by atoms with Crippen LogP contribution in [0.4, 0.5) is 0 Å². The molecule has 2 aromatic carbocycles. The standard InChI is InChI=1S/C22H19NO4/c1-26-19-8-6-17(7-9-19)21(24)16-2-4-18(5-3-16)22(25)23-12-10-15-11-13-27-20(15)14-23/h2-9,11,13H,10,12,14H2,1H3. The second kappa shape index (κ2) is 7.11. The Kier molecular flexibility index (Phi) is 4.50. The summed E-state index contributed by atoms with van der Waals surface area (Å²) in [6.45, 7) is 1.14. The number of hydrogen-bond donors (Lipinski definition) is 0. The molecule has 1 amide bonds. The van der Waals surface area contributed by atoms with E-state index in [-0.39, 0.29) is 11.7 Å². The van der Waals surface area contributed by atoms with Crippen molar-refractivity contribution in [3.63, 3.8) is 0 Å². The van der Waals surface area contributed by atoms with Gasteiger partial charge in [0.15, 0.2) is 5.78 Å². The molecule has 0 atom stereocenters. The van der Waals surface area contributed by atoms with Crippen molar-refractivity contribution < 1.29 is 18.7 Å². The van der Waals surface area contributed by atoms with Gasteiger partial charge in [-0.05, 0) is 54.4 Å². The minimum atomic E-state index is -0.0881. The van der Waals surface area contributed by atoms with Gasteiger partial charge >= 0.3 is 0 Å². The Morgan fingerprint density at radius 1 is 0.926 bits per heavy atom. The van der Waals surface area contributed by atoms with Crippen molar-refractivity contribution in [2.45, 2.75) is 13.0 Å². The summed E-state index contributed by atoms with van der Waals surface area (Å²) in [5.41, 5.74) is 2.86. The van der Waals surface area contributed by atoms with Gasteiger partial charge in [-0.3, -0.25) is 9.59 Å². The Morgan fingerprint density at radius 2 is 1.56 bits per heavy atom. The molecule has 0 saturated carbocycles. The maximum Gasteiger partial charge on any atom is 0.254 e. The molecule has 0 saturated heterocycles. The van der Waals surface area contributed by atoms with E-state index in [2.05, 4.69) is 0 Å². The number of hydrogen-bond acceptors (Lipinski definition) is 4. The number of carbonyl (C=O) groups excluding carboxylic acids is 2. The molecule has 27 heavy (non-hydrogen) atoms. The Morgan fingerprint density at radius 3 is 2.22 bits per heavy atom. The van der Waals surface area contributed by atoms with Crippen molar-refractivity contribution >= 4 is 11.7 Å². The van der Waals surface area contributed by atoms with Crippen LogP contribution in [0.1, 0.15) is 37.6 Å². The van der Waals surface area contributed by atoms with Gasteiger partial charge in [0.25, 0.3) is 5.91 Å². The molecule has 0 radical (unpaired) electrons. The lowest BCUT2D eigenvalue weighted by atomic mass is 10.0. The van der Waals surface area contributed by atoms with Crippen molar-refractivity contribution in [1.82, 2.24) is 4.90 Å². The molecule has 1 aliphatic rings. The first-order valence-corrected chi connectivity index (χ1v) is 8.79. The summed E-state index contributed by atoms with van der Waals surface area (Å²) in [4.78, 5) is 27.1. The monoisotopic (exact) mass is 361 g/mol. The van der Waals surface area contributed by atoms with Crippen molar-refractivity contribution in [2.24, 2.45) is 0 Å². The van der Waals surface area contributed by atoms with Crippen LogP contribution in [0.15, 0.2) is 65.3 Å². The van der Waals surface area contributed by atoms with Crippen LogP contribution < -0.4 is 4.74 Å². The molecule has 136 valence electrons. The van der Waals surface area contributed by atoms with Crippen LogP contribution in [-0.2, 0) is 13.0 Å². The van der Waals surface area contributed by atoms with E-state index in [1.807, 2.05) is 6.07 Å². The maximum atomic E-state index is 12.7. The maximum absolute atomic E-state index is 12.7. The lowest BCUT2D eigenvalue weighted by Crippen LogP contribution is -2.35. The summed E-state index contributed by atoms with van der Waals surface area (Å²) in [6.07, 6.45) is 2.46. The molecule has 4 rings (SSSR count). The third-order valence-corrected chi connectivity index (χ3v) is 4.86. The van der Waals surface area contributed by atoms with E-state index >= 15 is 0 Å². The van der Waals surface area contributed by atoms with Gasteiger partial charge in [-0.2, -0.15) is 0 Å². The molecule has 2 heterocycles. The van der Waals surface area contributed by atoms with Crippen LogP contribution >= 0.6 is 0 Å². The number of nitrogens with zero attached hydrogens (tertiary/aromatic N) is 1. The molecule has 0 N–H and O–H groups in total. The van der Waals surface area contributed by atoms with Crippen molar-refractivity contribution in [1.29, 1.82) is 0 Å². The highest BCUT2D eigenvalue weighted by molar-refractivity contribution is 6.09. The van der Waals surface area contributed by atoms with E-state index in [1.54, 1.807) is 66.8 Å². The Hall–Kier alpha value is -3.34. The largest absolute Gasteiger partial charge is 0.497 e. The highest BCUT2D eigenvalue weighted by Gasteiger charge is 2.23. The second-order valence-corrected chi connectivity index (χ2v) is 6.48. The first kappa shape index (κ1) is 17.1. The number of ketones is 1. The quantitative estimate of drug-likeness (QED) is 0.665. The van der Waals surface area contributed by atoms with Crippen LogP contribution in [0, 0.1) is 0 Å². The molecule has 1 aliphatic heterocycles. The zero-order chi connectivity index (χ0) is 18.8. The van der Waals surface area contributed by atoms with Gasteiger partial charge in [-0.15, -0.1) is 0 Å². The normalized spacial score (nSPS) is 13.1. The van der Waals surface area contributed by atoms with Gasteiger partial charge in [-0.25, -0.2) is 0 Å². The number of ether oxygens (including phenoxy) is 1. The molecule has 3 aromatic rings. The Labute approximate surface area is 157 Å². The molecule has 5 heteroatoms. The minimum absolute atomic E-state index is 0.0551. The van der Waals surface area contributed by atoms with Gasteiger partial charge in [0.2, 0.25) is 0 Å². The van der Waals surface area contributed by atoms with E-state index in [1.165, 1.54) is 5.56 Å². The molecule has 0 spiro atoms. The van der Waals surface area contributed by atoms with E-state index in [9.17, 15) is 9.59 Å². The van der Waals surface area contributed by atoms with Crippen molar-refractivity contribution in [2.75, 3.05) is 13.7 Å². The van der Waals surface area contributed by atoms with Gasteiger partial charge in [0.1, 0.15) is 11.5 Å². The summed E-state index contributed by atoms with van der Waals surface area (Å²) >= 11 is 0. The zero-order valence-corrected chi connectivity index (χ0v) is 15.0. The Bertz CT molecular complexity index is 970. The number of carbonyl (C=O) groups is 2. The summed E-state index contributed by atoms with van der Waals surface area (Å²) in [5, 5.41) is 0. The summed E-state index contributed by atoms with van der Waals surface area (Å²) in [7, 11) is 1.58.